The second-order valence-electron chi connectivity index (χ2n) is 5.04. The normalized spacial score (nSPS) is 9.87. The number of aromatic nitrogens is 2. The molecule has 120 valence electrons. The lowest BCUT2D eigenvalue weighted by Crippen LogP contribution is -2.25. The molecule has 0 unspecified atom stereocenters. The summed E-state index contributed by atoms with van der Waals surface area (Å²) in [5.74, 6) is 6.24. The minimum atomic E-state index is -0.136. The molecule has 1 aromatic carbocycles. The number of hydrogen-bond acceptors (Lipinski definition) is 3. The van der Waals surface area contributed by atoms with Gasteiger partial charge in [-0.1, -0.05) is 25.0 Å². The van der Waals surface area contributed by atoms with Crippen LogP contribution in [0.15, 0.2) is 30.3 Å². The highest BCUT2D eigenvalue weighted by Crippen LogP contribution is 2.13. The van der Waals surface area contributed by atoms with Crippen molar-refractivity contribution >= 4 is 5.91 Å². The standard InChI is InChI=1S/C18H21N3O2/c1-4-6-10-23-16-9-7-8-14(11-16)13-19-18(22)17-12-15(5-2)20-21(17)3/h7-9,11-12H,5,10,13H2,1-3H3,(H,19,22). The molecule has 0 saturated heterocycles. The van der Waals surface area contributed by atoms with Gasteiger partial charge in [-0.2, -0.15) is 5.10 Å². The summed E-state index contributed by atoms with van der Waals surface area (Å²) in [6.45, 7) is 4.58. The Balaban J connectivity index is 1.96. The number of carbonyl (C=O) groups is 1. The number of benzene rings is 1. The summed E-state index contributed by atoms with van der Waals surface area (Å²) in [6.07, 6.45) is 0.807. The predicted molar refractivity (Wildman–Crippen MR) is 89.1 cm³/mol. The zero-order valence-corrected chi connectivity index (χ0v) is 13.7. The molecule has 0 bridgehead atoms. The van der Waals surface area contributed by atoms with Crippen LogP contribution in [-0.2, 0) is 20.0 Å². The third-order valence-electron chi connectivity index (χ3n) is 3.36. The molecule has 2 aromatic rings. The number of rotatable bonds is 6. The molecule has 0 fully saturated rings. The maximum Gasteiger partial charge on any atom is 0.269 e. The third-order valence-corrected chi connectivity index (χ3v) is 3.36. The minimum Gasteiger partial charge on any atom is -0.481 e. The summed E-state index contributed by atoms with van der Waals surface area (Å²) in [4.78, 5) is 12.2. The number of aryl methyl sites for hydroxylation is 2. The smallest absolute Gasteiger partial charge is 0.269 e. The van der Waals surface area contributed by atoms with Gasteiger partial charge in [-0.3, -0.25) is 9.48 Å². The molecule has 0 aliphatic rings. The number of amides is 1. The number of hydrogen-bond donors (Lipinski definition) is 1. The van der Waals surface area contributed by atoms with Gasteiger partial charge in [0.25, 0.3) is 5.91 Å². The van der Waals surface area contributed by atoms with Crippen LogP contribution in [0.25, 0.3) is 0 Å². The van der Waals surface area contributed by atoms with Gasteiger partial charge < -0.3 is 10.1 Å². The fourth-order valence-electron chi connectivity index (χ4n) is 2.12. The van der Waals surface area contributed by atoms with Gasteiger partial charge in [0.1, 0.15) is 18.1 Å². The van der Waals surface area contributed by atoms with Gasteiger partial charge >= 0.3 is 0 Å². The van der Waals surface area contributed by atoms with Crippen molar-refractivity contribution in [2.75, 3.05) is 6.61 Å². The van der Waals surface area contributed by atoms with Crippen LogP contribution >= 0.6 is 0 Å². The van der Waals surface area contributed by atoms with Crippen molar-refractivity contribution in [3.05, 3.63) is 47.3 Å². The van der Waals surface area contributed by atoms with Crippen molar-refractivity contribution < 1.29 is 9.53 Å². The molecule has 0 atom stereocenters. The molecular weight excluding hydrogens is 290 g/mol. The Labute approximate surface area is 136 Å². The number of nitrogens with one attached hydrogen (secondary N) is 1. The van der Waals surface area contributed by atoms with Gasteiger partial charge in [-0.15, -0.1) is 5.92 Å². The van der Waals surface area contributed by atoms with Gasteiger partial charge in [0, 0.05) is 13.6 Å². The Morgan fingerprint density at radius 3 is 2.91 bits per heavy atom. The molecule has 0 radical (unpaired) electrons. The maximum absolute atomic E-state index is 12.2. The van der Waals surface area contributed by atoms with Gasteiger partial charge in [-0.05, 0) is 37.1 Å². The van der Waals surface area contributed by atoms with Crippen LogP contribution in [0.4, 0.5) is 0 Å². The van der Waals surface area contributed by atoms with Crippen LogP contribution in [0.2, 0.25) is 0 Å². The van der Waals surface area contributed by atoms with Crippen LogP contribution in [0.1, 0.15) is 35.6 Å². The van der Waals surface area contributed by atoms with E-state index in [9.17, 15) is 4.79 Å². The van der Waals surface area contributed by atoms with E-state index < -0.39 is 0 Å². The lowest BCUT2D eigenvalue weighted by molar-refractivity contribution is 0.0941. The van der Waals surface area contributed by atoms with E-state index in [4.69, 9.17) is 4.74 Å². The average Bonchev–Trinajstić information content (AvgIpc) is 2.94. The van der Waals surface area contributed by atoms with Crippen LogP contribution in [0.5, 0.6) is 5.75 Å². The van der Waals surface area contributed by atoms with Crippen molar-refractivity contribution in [3.8, 4) is 17.6 Å². The second kappa shape index (κ2) is 8.04. The molecule has 0 saturated carbocycles. The minimum absolute atomic E-state index is 0.136. The average molecular weight is 311 g/mol. The van der Waals surface area contributed by atoms with E-state index in [0.29, 0.717) is 18.8 Å². The highest BCUT2D eigenvalue weighted by atomic mass is 16.5. The van der Waals surface area contributed by atoms with Gasteiger partial charge in [-0.25, -0.2) is 0 Å². The topological polar surface area (TPSA) is 56.1 Å². The summed E-state index contributed by atoms with van der Waals surface area (Å²) in [7, 11) is 1.78. The van der Waals surface area contributed by atoms with E-state index in [-0.39, 0.29) is 5.91 Å². The quantitative estimate of drug-likeness (QED) is 0.833. The summed E-state index contributed by atoms with van der Waals surface area (Å²) in [5, 5.41) is 7.19. The van der Waals surface area contributed by atoms with Crippen molar-refractivity contribution in [3.63, 3.8) is 0 Å². The highest BCUT2D eigenvalue weighted by Gasteiger charge is 2.12. The lowest BCUT2D eigenvalue weighted by atomic mass is 10.2. The second-order valence-corrected chi connectivity index (χ2v) is 5.04. The molecule has 23 heavy (non-hydrogen) atoms. The van der Waals surface area contributed by atoms with Crippen molar-refractivity contribution in [2.45, 2.75) is 26.8 Å². The lowest BCUT2D eigenvalue weighted by Gasteiger charge is -2.07. The molecular formula is C18H21N3O2. The fraction of sp³-hybridized carbons (Fsp3) is 0.333. The van der Waals surface area contributed by atoms with E-state index in [1.54, 1.807) is 18.7 Å². The largest absolute Gasteiger partial charge is 0.481 e. The molecule has 1 N–H and O–H groups in total. The van der Waals surface area contributed by atoms with Crippen molar-refractivity contribution in [1.29, 1.82) is 0 Å². The first-order valence-corrected chi connectivity index (χ1v) is 7.56. The van der Waals surface area contributed by atoms with Crippen LogP contribution < -0.4 is 10.1 Å². The summed E-state index contributed by atoms with van der Waals surface area (Å²) in [6, 6.07) is 9.43. The predicted octanol–water partition coefficient (Wildman–Crippen LogP) is 2.31. The number of carbonyl (C=O) groups excluding carboxylic acids is 1. The SMILES string of the molecule is CC#CCOc1cccc(CNC(=O)c2cc(CC)nn2C)c1. The molecule has 5 nitrogen and oxygen atoms in total. The molecule has 5 heteroatoms. The van der Waals surface area contributed by atoms with Crippen molar-refractivity contribution in [1.82, 2.24) is 15.1 Å². The van der Waals surface area contributed by atoms with Crippen LogP contribution in [-0.4, -0.2) is 22.3 Å². The van der Waals surface area contributed by atoms with Crippen LogP contribution in [0, 0.1) is 11.8 Å². The van der Waals surface area contributed by atoms with Crippen molar-refractivity contribution in [2.24, 2.45) is 7.05 Å². The highest BCUT2D eigenvalue weighted by molar-refractivity contribution is 5.92. The van der Waals surface area contributed by atoms with E-state index >= 15 is 0 Å². The first-order valence-electron chi connectivity index (χ1n) is 7.56. The Hall–Kier alpha value is -2.74. The summed E-state index contributed by atoms with van der Waals surface area (Å²) < 4.78 is 7.12. The van der Waals surface area contributed by atoms with E-state index in [2.05, 4.69) is 22.3 Å². The molecule has 0 aliphatic carbocycles. The summed E-state index contributed by atoms with van der Waals surface area (Å²) >= 11 is 0. The van der Waals surface area contributed by atoms with E-state index in [0.717, 1.165) is 23.4 Å². The first kappa shape index (κ1) is 16.6. The fourth-order valence-corrected chi connectivity index (χ4v) is 2.12. The molecule has 0 aliphatic heterocycles. The van der Waals surface area contributed by atoms with Gasteiger partial charge in [0.05, 0.1) is 5.69 Å². The summed E-state index contributed by atoms with van der Waals surface area (Å²) in [5.41, 5.74) is 2.44. The molecule has 1 aromatic heterocycles. The maximum atomic E-state index is 12.2. The number of nitrogens with zero attached hydrogens (tertiary/aromatic N) is 2. The van der Waals surface area contributed by atoms with E-state index in [1.165, 1.54) is 0 Å². The molecule has 0 spiro atoms. The Bertz CT molecular complexity index is 738. The number of ether oxygens (including phenoxy) is 1. The Kier molecular flexibility index (Phi) is 5.81. The molecule has 1 amide bonds. The van der Waals surface area contributed by atoms with Gasteiger partial charge in [0.2, 0.25) is 0 Å². The molecule has 1 heterocycles. The monoisotopic (exact) mass is 311 g/mol. The van der Waals surface area contributed by atoms with E-state index in [1.807, 2.05) is 37.3 Å². The van der Waals surface area contributed by atoms with Crippen LogP contribution in [0.3, 0.4) is 0 Å². The Morgan fingerprint density at radius 1 is 1.39 bits per heavy atom. The third kappa shape index (κ3) is 4.62. The zero-order valence-electron chi connectivity index (χ0n) is 13.7. The first-order chi connectivity index (χ1) is 11.1. The zero-order chi connectivity index (χ0) is 16.7. The Morgan fingerprint density at radius 2 is 2.22 bits per heavy atom. The molecule has 2 rings (SSSR count). The van der Waals surface area contributed by atoms with Gasteiger partial charge in [0.15, 0.2) is 0 Å².